The smallest absolute Gasteiger partial charge is 0.183 e. The second kappa shape index (κ2) is 5.01. The Morgan fingerprint density at radius 2 is 1.86 bits per heavy atom. The molecule has 5 unspecified atom stereocenters. The van der Waals surface area contributed by atoms with Gasteiger partial charge < -0.3 is 25.2 Å². The average molecular weight is 207 g/mol. The first-order chi connectivity index (χ1) is 6.61. The van der Waals surface area contributed by atoms with Crippen LogP contribution in [0.1, 0.15) is 6.92 Å². The van der Waals surface area contributed by atoms with Crippen LogP contribution in [0.2, 0.25) is 0 Å². The molecule has 1 fully saturated rings. The fourth-order valence-electron chi connectivity index (χ4n) is 1.54. The zero-order chi connectivity index (χ0) is 10.7. The highest BCUT2D eigenvalue weighted by Crippen LogP contribution is 2.23. The Morgan fingerprint density at radius 3 is 2.36 bits per heavy atom. The summed E-state index contributed by atoms with van der Waals surface area (Å²) in [6.07, 6.45) is -4.42. The van der Waals surface area contributed by atoms with E-state index in [-0.39, 0.29) is 0 Å². The zero-order valence-corrected chi connectivity index (χ0v) is 8.00. The lowest BCUT2D eigenvalue weighted by atomic mass is 9.92. The summed E-state index contributed by atoms with van der Waals surface area (Å²) in [5.41, 5.74) is 0. The molecule has 6 nitrogen and oxygen atoms in total. The lowest BCUT2D eigenvalue weighted by Crippen LogP contribution is -2.59. The van der Waals surface area contributed by atoms with Crippen molar-refractivity contribution >= 4 is 0 Å². The van der Waals surface area contributed by atoms with Crippen molar-refractivity contribution in [1.82, 2.24) is 5.32 Å². The van der Waals surface area contributed by atoms with Gasteiger partial charge in [0.15, 0.2) is 6.29 Å². The standard InChI is InChI=1S/C8H17NO5/c1-2-9-7-5(11)4(3-10)6(12)8(13)14-7/h4-13H,2-3H2,1H3. The fourth-order valence-corrected chi connectivity index (χ4v) is 1.54. The lowest BCUT2D eigenvalue weighted by molar-refractivity contribution is -0.278. The van der Waals surface area contributed by atoms with Gasteiger partial charge in [-0.1, -0.05) is 6.92 Å². The molecule has 14 heavy (non-hydrogen) atoms. The van der Waals surface area contributed by atoms with E-state index >= 15 is 0 Å². The quantitative estimate of drug-likeness (QED) is 0.353. The van der Waals surface area contributed by atoms with Gasteiger partial charge in [-0.3, -0.25) is 5.32 Å². The first-order valence-electron chi connectivity index (χ1n) is 4.65. The summed E-state index contributed by atoms with van der Waals surface area (Å²) in [4.78, 5) is 0. The van der Waals surface area contributed by atoms with Crippen LogP contribution in [0.25, 0.3) is 0 Å². The molecule has 0 radical (unpaired) electrons. The Hall–Kier alpha value is -0.240. The molecular formula is C8H17NO5. The molecular weight excluding hydrogens is 190 g/mol. The van der Waals surface area contributed by atoms with Gasteiger partial charge in [-0.25, -0.2) is 0 Å². The average Bonchev–Trinajstić information content (AvgIpc) is 2.16. The van der Waals surface area contributed by atoms with Crippen LogP contribution >= 0.6 is 0 Å². The maximum Gasteiger partial charge on any atom is 0.183 e. The Bertz CT molecular complexity index is 179. The van der Waals surface area contributed by atoms with Crippen molar-refractivity contribution in [2.45, 2.75) is 31.6 Å². The van der Waals surface area contributed by atoms with E-state index < -0.39 is 37.3 Å². The summed E-state index contributed by atoms with van der Waals surface area (Å²) in [7, 11) is 0. The zero-order valence-electron chi connectivity index (χ0n) is 8.00. The number of hydrogen-bond donors (Lipinski definition) is 5. The highest BCUT2D eigenvalue weighted by Gasteiger charge is 2.43. The normalized spacial score (nSPS) is 43.9. The number of hydrogen-bond acceptors (Lipinski definition) is 6. The van der Waals surface area contributed by atoms with Crippen molar-refractivity contribution in [3.63, 3.8) is 0 Å². The molecule has 1 aliphatic heterocycles. The largest absolute Gasteiger partial charge is 0.396 e. The van der Waals surface area contributed by atoms with Crippen molar-refractivity contribution in [2.75, 3.05) is 13.2 Å². The van der Waals surface area contributed by atoms with Crippen LogP contribution in [-0.4, -0.2) is 58.3 Å². The van der Waals surface area contributed by atoms with Crippen molar-refractivity contribution in [2.24, 2.45) is 5.92 Å². The molecule has 1 heterocycles. The Morgan fingerprint density at radius 1 is 1.21 bits per heavy atom. The van der Waals surface area contributed by atoms with Crippen LogP contribution < -0.4 is 5.32 Å². The first kappa shape index (κ1) is 11.8. The van der Waals surface area contributed by atoms with Crippen LogP contribution in [0.15, 0.2) is 0 Å². The van der Waals surface area contributed by atoms with Crippen molar-refractivity contribution in [3.8, 4) is 0 Å². The molecule has 0 aromatic rings. The molecule has 5 atom stereocenters. The molecule has 5 N–H and O–H groups in total. The Balaban J connectivity index is 2.65. The van der Waals surface area contributed by atoms with Gasteiger partial charge in [0.1, 0.15) is 18.4 Å². The minimum atomic E-state index is -1.38. The van der Waals surface area contributed by atoms with E-state index in [1.165, 1.54) is 0 Å². The molecule has 0 aliphatic carbocycles. The summed E-state index contributed by atoms with van der Waals surface area (Å²) < 4.78 is 4.92. The first-order valence-corrected chi connectivity index (χ1v) is 4.65. The number of ether oxygens (including phenoxy) is 1. The minimum absolute atomic E-state index is 0.398. The molecule has 0 aromatic carbocycles. The van der Waals surface area contributed by atoms with Gasteiger partial charge in [-0.15, -0.1) is 0 Å². The number of likely N-dealkylation sites (N-methyl/N-ethyl adjacent to an activating group) is 1. The van der Waals surface area contributed by atoms with Crippen LogP contribution in [0.3, 0.4) is 0 Å². The predicted octanol–water partition coefficient (Wildman–Crippen LogP) is -2.40. The summed E-state index contributed by atoms with van der Waals surface area (Å²) in [5.74, 6) is -0.789. The molecule has 0 amide bonds. The van der Waals surface area contributed by atoms with E-state index in [1.54, 1.807) is 0 Å². The van der Waals surface area contributed by atoms with Crippen LogP contribution in [0, 0.1) is 5.92 Å². The molecule has 1 saturated heterocycles. The molecule has 0 bridgehead atoms. The highest BCUT2D eigenvalue weighted by molar-refractivity contribution is 4.86. The van der Waals surface area contributed by atoms with E-state index in [0.29, 0.717) is 6.54 Å². The molecule has 1 aliphatic rings. The summed E-state index contributed by atoms with van der Waals surface area (Å²) >= 11 is 0. The molecule has 0 aromatic heterocycles. The molecule has 0 spiro atoms. The molecule has 84 valence electrons. The Kier molecular flexibility index (Phi) is 4.24. The second-order valence-corrected chi connectivity index (χ2v) is 3.33. The topological polar surface area (TPSA) is 102 Å². The lowest BCUT2D eigenvalue weighted by Gasteiger charge is -2.40. The van der Waals surface area contributed by atoms with Gasteiger partial charge in [0.2, 0.25) is 0 Å². The van der Waals surface area contributed by atoms with E-state index in [9.17, 15) is 15.3 Å². The molecule has 0 saturated carbocycles. The van der Waals surface area contributed by atoms with Gasteiger partial charge in [0.25, 0.3) is 0 Å². The summed E-state index contributed by atoms with van der Waals surface area (Å²) in [6.45, 7) is 1.98. The van der Waals surface area contributed by atoms with Gasteiger partial charge in [0.05, 0.1) is 6.61 Å². The van der Waals surface area contributed by atoms with Gasteiger partial charge >= 0.3 is 0 Å². The monoisotopic (exact) mass is 207 g/mol. The number of rotatable bonds is 3. The van der Waals surface area contributed by atoms with Crippen LogP contribution in [0.5, 0.6) is 0 Å². The molecule has 6 heteroatoms. The van der Waals surface area contributed by atoms with E-state index in [4.69, 9.17) is 9.84 Å². The van der Waals surface area contributed by atoms with Crippen LogP contribution in [0.4, 0.5) is 0 Å². The third-order valence-electron chi connectivity index (χ3n) is 2.38. The summed E-state index contributed by atoms with van der Waals surface area (Å²) in [6, 6.07) is 0. The third-order valence-corrected chi connectivity index (χ3v) is 2.38. The van der Waals surface area contributed by atoms with E-state index in [2.05, 4.69) is 5.32 Å². The van der Waals surface area contributed by atoms with Crippen molar-refractivity contribution in [1.29, 1.82) is 0 Å². The molecule has 1 rings (SSSR count). The fraction of sp³-hybridized carbons (Fsp3) is 1.00. The minimum Gasteiger partial charge on any atom is -0.396 e. The number of nitrogens with one attached hydrogen (secondary N) is 1. The Labute approximate surface area is 82.1 Å². The third kappa shape index (κ3) is 2.22. The van der Waals surface area contributed by atoms with Crippen molar-refractivity contribution < 1.29 is 25.2 Å². The van der Waals surface area contributed by atoms with Gasteiger partial charge in [0, 0.05) is 5.92 Å². The predicted molar refractivity (Wildman–Crippen MR) is 47.1 cm³/mol. The van der Waals surface area contributed by atoms with Crippen molar-refractivity contribution in [3.05, 3.63) is 0 Å². The highest BCUT2D eigenvalue weighted by atomic mass is 16.6. The summed E-state index contributed by atoms with van der Waals surface area (Å²) in [5, 5.41) is 40.0. The van der Waals surface area contributed by atoms with E-state index in [1.807, 2.05) is 6.92 Å². The van der Waals surface area contributed by atoms with E-state index in [0.717, 1.165) is 0 Å². The maximum absolute atomic E-state index is 9.63. The SMILES string of the molecule is CCNC1OC(O)C(O)C(CO)C1O. The second-order valence-electron chi connectivity index (χ2n) is 3.33. The maximum atomic E-state index is 9.63. The van der Waals surface area contributed by atoms with Crippen LogP contribution in [-0.2, 0) is 4.74 Å². The van der Waals surface area contributed by atoms with Gasteiger partial charge in [-0.2, -0.15) is 0 Å². The van der Waals surface area contributed by atoms with Gasteiger partial charge in [-0.05, 0) is 6.54 Å². The number of aliphatic hydroxyl groups excluding tert-OH is 4. The number of aliphatic hydroxyl groups is 4.